The van der Waals surface area contributed by atoms with Gasteiger partial charge in [-0.15, -0.1) is 0 Å². The molecule has 1 unspecified atom stereocenters. The molecule has 0 aliphatic carbocycles. The minimum Gasteiger partial charge on any atom is -0.260 e. The lowest BCUT2D eigenvalue weighted by Gasteiger charge is -2.25. The smallest absolute Gasteiger partial charge is 0.0670 e. The number of rotatable bonds is 1. The highest BCUT2D eigenvalue weighted by Gasteiger charge is 2.34. The summed E-state index contributed by atoms with van der Waals surface area (Å²) in [6.45, 7) is 2.25. The lowest BCUT2D eigenvalue weighted by atomic mass is 9.76. The van der Waals surface area contributed by atoms with Crippen molar-refractivity contribution in [3.8, 4) is 0 Å². The Morgan fingerprint density at radius 3 is 2.40 bits per heavy atom. The molecule has 4 rings (SSSR count). The predicted octanol–water partition coefficient (Wildman–Crippen LogP) is 4.86. The zero-order valence-electron chi connectivity index (χ0n) is 11.4. The lowest BCUT2D eigenvalue weighted by molar-refractivity contribution is 0.819. The van der Waals surface area contributed by atoms with E-state index in [-0.39, 0.29) is 5.41 Å². The maximum atomic E-state index is 4.61. The Labute approximate surface area is 118 Å². The Kier molecular flexibility index (Phi) is 2.31. The zero-order valence-corrected chi connectivity index (χ0v) is 11.4. The molecule has 0 N–H and O–H groups in total. The van der Waals surface area contributed by atoms with Crippen LogP contribution >= 0.6 is 0 Å². The molecule has 96 valence electrons. The third-order valence-electron chi connectivity index (χ3n) is 4.27. The van der Waals surface area contributed by atoms with E-state index in [2.05, 4.69) is 78.8 Å². The molecule has 0 fully saturated rings. The first-order valence-corrected chi connectivity index (χ1v) is 6.92. The molecular formula is C19H15N. The summed E-state index contributed by atoms with van der Waals surface area (Å²) >= 11 is 0. The second-order valence-electron chi connectivity index (χ2n) is 5.50. The Morgan fingerprint density at radius 2 is 1.45 bits per heavy atom. The number of fused-ring (bicyclic) bond motifs is 2. The molecule has 0 spiro atoms. The van der Waals surface area contributed by atoms with Crippen molar-refractivity contribution in [2.45, 2.75) is 12.3 Å². The van der Waals surface area contributed by atoms with Crippen LogP contribution in [0.3, 0.4) is 0 Å². The van der Waals surface area contributed by atoms with Gasteiger partial charge in [0.1, 0.15) is 0 Å². The first kappa shape index (κ1) is 11.4. The van der Waals surface area contributed by atoms with Crippen molar-refractivity contribution in [3.63, 3.8) is 0 Å². The van der Waals surface area contributed by atoms with Crippen LogP contribution in [0.15, 0.2) is 71.7 Å². The van der Waals surface area contributed by atoms with Crippen LogP contribution in [0.25, 0.3) is 10.8 Å². The van der Waals surface area contributed by atoms with E-state index in [9.17, 15) is 0 Å². The third-order valence-corrected chi connectivity index (χ3v) is 4.27. The molecule has 0 amide bonds. The maximum Gasteiger partial charge on any atom is 0.0670 e. The molecular weight excluding hydrogens is 242 g/mol. The molecule has 1 heteroatoms. The van der Waals surface area contributed by atoms with Crippen LogP contribution in [-0.4, -0.2) is 6.21 Å². The van der Waals surface area contributed by atoms with Gasteiger partial charge >= 0.3 is 0 Å². The maximum absolute atomic E-state index is 4.61. The zero-order chi connectivity index (χ0) is 13.6. The van der Waals surface area contributed by atoms with E-state index in [4.69, 9.17) is 0 Å². The van der Waals surface area contributed by atoms with E-state index in [1.807, 2.05) is 6.07 Å². The van der Waals surface area contributed by atoms with Gasteiger partial charge in [0.15, 0.2) is 0 Å². The summed E-state index contributed by atoms with van der Waals surface area (Å²) < 4.78 is 0. The Balaban J connectivity index is 2.03. The quantitative estimate of drug-likeness (QED) is 0.590. The van der Waals surface area contributed by atoms with Gasteiger partial charge in [-0.3, -0.25) is 4.99 Å². The topological polar surface area (TPSA) is 12.4 Å². The van der Waals surface area contributed by atoms with Gasteiger partial charge in [0, 0.05) is 6.21 Å². The summed E-state index contributed by atoms with van der Waals surface area (Å²) in [6.07, 6.45) is 2.08. The van der Waals surface area contributed by atoms with Crippen molar-refractivity contribution < 1.29 is 0 Å². The fourth-order valence-electron chi connectivity index (χ4n) is 3.19. The van der Waals surface area contributed by atoms with E-state index in [0.29, 0.717) is 0 Å². The van der Waals surface area contributed by atoms with Gasteiger partial charge in [0.25, 0.3) is 0 Å². The van der Waals surface area contributed by atoms with Gasteiger partial charge < -0.3 is 0 Å². The highest BCUT2D eigenvalue weighted by atomic mass is 14.8. The van der Waals surface area contributed by atoms with Crippen LogP contribution in [0.4, 0.5) is 5.69 Å². The van der Waals surface area contributed by atoms with Crippen molar-refractivity contribution in [1.29, 1.82) is 0 Å². The van der Waals surface area contributed by atoms with Crippen LogP contribution in [-0.2, 0) is 5.41 Å². The number of hydrogen-bond donors (Lipinski definition) is 0. The molecule has 3 aromatic carbocycles. The number of nitrogens with zero attached hydrogens (tertiary/aromatic N) is 1. The Bertz CT molecular complexity index is 827. The summed E-state index contributed by atoms with van der Waals surface area (Å²) in [5.74, 6) is 0. The van der Waals surface area contributed by atoms with Crippen LogP contribution in [0.2, 0.25) is 0 Å². The van der Waals surface area contributed by atoms with E-state index < -0.39 is 0 Å². The van der Waals surface area contributed by atoms with Crippen molar-refractivity contribution in [1.82, 2.24) is 0 Å². The van der Waals surface area contributed by atoms with E-state index in [1.54, 1.807) is 0 Å². The molecule has 0 bridgehead atoms. The highest BCUT2D eigenvalue weighted by Crippen LogP contribution is 2.43. The molecule has 1 aliphatic rings. The summed E-state index contributed by atoms with van der Waals surface area (Å²) in [7, 11) is 0. The number of benzene rings is 3. The average Bonchev–Trinajstić information content (AvgIpc) is 2.86. The molecule has 20 heavy (non-hydrogen) atoms. The molecule has 0 saturated heterocycles. The minimum absolute atomic E-state index is 0.141. The van der Waals surface area contributed by atoms with Crippen molar-refractivity contribution >= 4 is 22.7 Å². The summed E-state index contributed by atoms with van der Waals surface area (Å²) in [5.41, 5.74) is 3.56. The summed E-state index contributed by atoms with van der Waals surface area (Å²) in [4.78, 5) is 4.61. The minimum atomic E-state index is -0.141. The van der Waals surface area contributed by atoms with Gasteiger partial charge in [-0.05, 0) is 34.9 Å². The van der Waals surface area contributed by atoms with Gasteiger partial charge in [0.2, 0.25) is 0 Å². The van der Waals surface area contributed by atoms with Crippen LogP contribution in [0.1, 0.15) is 18.1 Å². The molecule has 1 aliphatic heterocycles. The lowest BCUT2D eigenvalue weighted by Crippen LogP contribution is -2.22. The first-order valence-electron chi connectivity index (χ1n) is 6.92. The van der Waals surface area contributed by atoms with E-state index >= 15 is 0 Å². The van der Waals surface area contributed by atoms with Gasteiger partial charge in [-0.2, -0.15) is 0 Å². The number of para-hydroxylation sites is 1. The van der Waals surface area contributed by atoms with Crippen LogP contribution in [0, 0.1) is 0 Å². The fourth-order valence-corrected chi connectivity index (χ4v) is 3.19. The third kappa shape index (κ3) is 1.47. The predicted molar refractivity (Wildman–Crippen MR) is 85.0 cm³/mol. The molecule has 1 atom stereocenters. The van der Waals surface area contributed by atoms with Gasteiger partial charge in [-0.1, -0.05) is 60.7 Å². The molecule has 1 heterocycles. The first-order chi connectivity index (χ1) is 9.79. The molecule has 0 radical (unpaired) electrons. The molecule has 0 saturated carbocycles. The number of hydrogen-bond acceptors (Lipinski definition) is 1. The Hall–Kier alpha value is -2.41. The van der Waals surface area contributed by atoms with Crippen LogP contribution < -0.4 is 0 Å². The van der Waals surface area contributed by atoms with Gasteiger partial charge in [-0.25, -0.2) is 0 Å². The van der Waals surface area contributed by atoms with Crippen molar-refractivity contribution in [2.75, 3.05) is 0 Å². The fraction of sp³-hybridized carbons (Fsp3) is 0.105. The Morgan fingerprint density at radius 1 is 0.750 bits per heavy atom. The summed E-state index contributed by atoms with van der Waals surface area (Å²) in [6, 6.07) is 23.5. The normalized spacial score (nSPS) is 20.2. The monoisotopic (exact) mass is 257 g/mol. The standard InChI is InChI=1S/C19H15N/c1-19(13-20-18-12-5-4-10-17(18)19)16-11-6-8-14-7-2-3-9-15(14)16/h2-13H,1H3. The molecule has 1 nitrogen and oxygen atoms in total. The molecule has 0 aromatic heterocycles. The van der Waals surface area contributed by atoms with Crippen molar-refractivity contribution in [3.05, 3.63) is 77.9 Å². The molecule has 3 aromatic rings. The number of aliphatic imine (C=N–C) groups is 1. The van der Waals surface area contributed by atoms with Gasteiger partial charge in [0.05, 0.1) is 11.1 Å². The van der Waals surface area contributed by atoms with E-state index in [0.717, 1.165) is 5.69 Å². The SMILES string of the molecule is CC1(c2cccc3ccccc23)C=Nc2ccccc21. The average molecular weight is 257 g/mol. The highest BCUT2D eigenvalue weighted by molar-refractivity contribution is 5.96. The second kappa shape index (κ2) is 4.04. The van der Waals surface area contributed by atoms with Crippen LogP contribution in [0.5, 0.6) is 0 Å². The summed E-state index contributed by atoms with van der Waals surface area (Å²) in [5, 5.41) is 2.59. The second-order valence-corrected chi connectivity index (χ2v) is 5.50. The van der Waals surface area contributed by atoms with E-state index in [1.165, 1.54) is 21.9 Å². The van der Waals surface area contributed by atoms with Crippen molar-refractivity contribution in [2.24, 2.45) is 4.99 Å². The largest absolute Gasteiger partial charge is 0.260 e.